The molecule has 1 aromatic rings. The topological polar surface area (TPSA) is 41.4 Å². The molecule has 0 amide bonds. The van der Waals surface area contributed by atoms with Crippen molar-refractivity contribution >= 4 is 34.2 Å². The van der Waals surface area contributed by atoms with E-state index in [1.165, 1.54) is 11.5 Å². The Kier molecular flexibility index (Phi) is 1.79. The van der Waals surface area contributed by atoms with Gasteiger partial charge in [-0.15, -0.1) is 0 Å². The van der Waals surface area contributed by atoms with Crippen molar-refractivity contribution in [2.45, 2.75) is 13.1 Å². The minimum absolute atomic E-state index is 0.188. The van der Waals surface area contributed by atoms with Crippen LogP contribution in [0.3, 0.4) is 0 Å². The highest BCUT2D eigenvalue weighted by Crippen LogP contribution is 2.28. The molecule has 0 fully saturated rings. The van der Waals surface area contributed by atoms with E-state index in [0.717, 1.165) is 5.13 Å². The molecule has 0 saturated heterocycles. The van der Waals surface area contributed by atoms with Gasteiger partial charge in [-0.25, -0.2) is 4.98 Å². The molecule has 6 heteroatoms. The van der Waals surface area contributed by atoms with E-state index >= 15 is 0 Å². The highest BCUT2D eigenvalue weighted by atomic mass is 32.2. The molecule has 1 unspecified atom stereocenters. The third-order valence-corrected chi connectivity index (χ3v) is 3.02. The van der Waals surface area contributed by atoms with Crippen LogP contribution in [0.15, 0.2) is 11.3 Å². The molecule has 0 N–H and O–H groups in total. The molecule has 0 bridgehead atoms. The molecule has 0 radical (unpaired) electrons. The van der Waals surface area contributed by atoms with Crippen molar-refractivity contribution in [3.63, 3.8) is 0 Å². The minimum atomic E-state index is 0.188. The highest BCUT2D eigenvalue weighted by Gasteiger charge is 2.20. The van der Waals surface area contributed by atoms with Crippen molar-refractivity contribution in [1.29, 1.82) is 0 Å². The summed E-state index contributed by atoms with van der Waals surface area (Å²) in [5, 5.41) is 0.917. The minimum Gasteiger partial charge on any atom is -0.262 e. The second-order valence-electron chi connectivity index (χ2n) is 2.04. The summed E-state index contributed by atoms with van der Waals surface area (Å²) in [5.41, 5.74) is 1.83. The Morgan fingerprint density at radius 1 is 1.64 bits per heavy atom. The molecule has 1 aliphatic rings. The van der Waals surface area contributed by atoms with Crippen LogP contribution < -0.4 is 4.31 Å². The molecule has 2 rings (SSSR count). The van der Waals surface area contributed by atoms with Crippen LogP contribution in [0.25, 0.3) is 0 Å². The maximum absolute atomic E-state index is 4.18. The largest absolute Gasteiger partial charge is 0.262 e. The van der Waals surface area contributed by atoms with Crippen LogP contribution in [0.5, 0.6) is 0 Å². The zero-order valence-electron chi connectivity index (χ0n) is 5.84. The van der Waals surface area contributed by atoms with Crippen LogP contribution in [-0.4, -0.2) is 21.1 Å². The van der Waals surface area contributed by atoms with Gasteiger partial charge in [-0.05, 0) is 6.92 Å². The normalized spacial score (nSPS) is 23.0. The predicted molar refractivity (Wildman–Crippen MR) is 47.9 cm³/mol. The van der Waals surface area contributed by atoms with Crippen molar-refractivity contribution in [2.75, 3.05) is 4.31 Å². The Hall–Kier alpha value is -0.620. The molecule has 4 nitrogen and oxygen atoms in total. The molecule has 2 heterocycles. The summed E-state index contributed by atoms with van der Waals surface area (Å²) in [4.78, 5) is 8.26. The summed E-state index contributed by atoms with van der Waals surface area (Å²) in [6, 6.07) is 0. The van der Waals surface area contributed by atoms with Gasteiger partial charge in [0.15, 0.2) is 0 Å². The van der Waals surface area contributed by atoms with Crippen LogP contribution in [-0.2, 0) is 0 Å². The lowest BCUT2D eigenvalue weighted by Gasteiger charge is -2.15. The number of nitrogens with zero attached hydrogens (tertiary/aromatic N) is 4. The summed E-state index contributed by atoms with van der Waals surface area (Å²) in [6.07, 6.45) is 1.75. The summed E-state index contributed by atoms with van der Waals surface area (Å²) >= 11 is 2.95. The lowest BCUT2D eigenvalue weighted by molar-refractivity contribution is 0.812. The van der Waals surface area contributed by atoms with E-state index in [-0.39, 0.29) is 6.17 Å². The molecule has 0 aromatic carbocycles. The first-order valence-corrected chi connectivity index (χ1v) is 4.73. The van der Waals surface area contributed by atoms with Gasteiger partial charge in [-0.2, -0.15) is 4.37 Å². The smallest absolute Gasteiger partial charge is 0.217 e. The van der Waals surface area contributed by atoms with Crippen LogP contribution >= 0.6 is 23.5 Å². The summed E-state index contributed by atoms with van der Waals surface area (Å²) in [7, 11) is 0. The lowest BCUT2D eigenvalue weighted by Crippen LogP contribution is -2.19. The van der Waals surface area contributed by atoms with Gasteiger partial charge in [-0.3, -0.25) is 9.30 Å². The number of rotatable bonds is 1. The number of aromatic nitrogens is 2. The molecule has 1 aliphatic heterocycles. The zero-order valence-corrected chi connectivity index (χ0v) is 7.47. The van der Waals surface area contributed by atoms with Gasteiger partial charge in [0.05, 0.1) is 5.55 Å². The molecule has 0 spiro atoms. The van der Waals surface area contributed by atoms with Gasteiger partial charge in [-0.1, -0.05) is 0 Å². The zero-order chi connectivity index (χ0) is 7.68. The molecule has 1 atom stereocenters. The SMILES string of the molecule is CC1N=CSN1c1ncns1. The van der Waals surface area contributed by atoms with Gasteiger partial charge < -0.3 is 0 Å². The molecule has 11 heavy (non-hydrogen) atoms. The van der Waals surface area contributed by atoms with Gasteiger partial charge >= 0.3 is 0 Å². The molecular weight excluding hydrogens is 180 g/mol. The van der Waals surface area contributed by atoms with Gasteiger partial charge in [0.1, 0.15) is 12.5 Å². The summed E-state index contributed by atoms with van der Waals surface area (Å²) in [6.45, 7) is 2.03. The number of anilines is 1. The second kappa shape index (κ2) is 2.78. The highest BCUT2D eigenvalue weighted by molar-refractivity contribution is 8.13. The molecular formula is C5H6N4S2. The Bertz CT molecular complexity index is 257. The van der Waals surface area contributed by atoms with Crippen LogP contribution in [0, 0.1) is 0 Å². The van der Waals surface area contributed by atoms with E-state index in [2.05, 4.69) is 14.3 Å². The van der Waals surface area contributed by atoms with E-state index < -0.39 is 0 Å². The van der Waals surface area contributed by atoms with Gasteiger partial charge in [0.25, 0.3) is 0 Å². The van der Waals surface area contributed by atoms with E-state index in [9.17, 15) is 0 Å². The second-order valence-corrected chi connectivity index (χ2v) is 3.61. The van der Waals surface area contributed by atoms with Gasteiger partial charge in [0, 0.05) is 23.5 Å². The van der Waals surface area contributed by atoms with Crippen LogP contribution in [0.2, 0.25) is 0 Å². The third kappa shape index (κ3) is 1.23. The Morgan fingerprint density at radius 3 is 3.09 bits per heavy atom. The number of hydrogen-bond donors (Lipinski definition) is 0. The maximum Gasteiger partial charge on any atom is 0.217 e. The molecule has 1 aromatic heterocycles. The fraction of sp³-hybridized carbons (Fsp3) is 0.400. The average molecular weight is 186 g/mol. The quantitative estimate of drug-likeness (QED) is 0.621. The van der Waals surface area contributed by atoms with Crippen molar-refractivity contribution in [3.8, 4) is 0 Å². The first kappa shape index (κ1) is 7.05. The third-order valence-electron chi connectivity index (χ3n) is 1.31. The Balaban J connectivity index is 2.19. The van der Waals surface area contributed by atoms with Gasteiger partial charge in [0.2, 0.25) is 5.13 Å². The van der Waals surface area contributed by atoms with E-state index in [0.29, 0.717) is 0 Å². The van der Waals surface area contributed by atoms with Crippen LogP contribution in [0.4, 0.5) is 5.13 Å². The summed E-state index contributed by atoms with van der Waals surface area (Å²) in [5.74, 6) is 0. The lowest BCUT2D eigenvalue weighted by atomic mass is 10.6. The van der Waals surface area contributed by atoms with Crippen molar-refractivity contribution in [3.05, 3.63) is 6.33 Å². The first-order chi connectivity index (χ1) is 5.38. The van der Waals surface area contributed by atoms with Crippen molar-refractivity contribution < 1.29 is 0 Å². The number of aliphatic imine (C=N–C) groups is 1. The summed E-state index contributed by atoms with van der Waals surface area (Å²) < 4.78 is 5.95. The Labute approximate surface area is 72.7 Å². The maximum atomic E-state index is 4.18. The first-order valence-electron chi connectivity index (χ1n) is 3.12. The van der Waals surface area contributed by atoms with E-state index in [1.54, 1.807) is 18.3 Å². The fourth-order valence-electron chi connectivity index (χ4n) is 0.784. The van der Waals surface area contributed by atoms with Crippen LogP contribution in [0.1, 0.15) is 6.92 Å². The number of hydrogen-bond acceptors (Lipinski definition) is 6. The average Bonchev–Trinajstić information content (AvgIpc) is 2.55. The van der Waals surface area contributed by atoms with Crippen molar-refractivity contribution in [1.82, 2.24) is 9.36 Å². The Morgan fingerprint density at radius 2 is 2.55 bits per heavy atom. The molecule has 0 saturated carbocycles. The monoisotopic (exact) mass is 186 g/mol. The fourth-order valence-corrected chi connectivity index (χ4v) is 2.23. The standard InChI is InChI=1S/C5H6N4S2/c1-4-7-3-10-9(4)5-6-2-8-11-5/h2-4H,1H3. The predicted octanol–water partition coefficient (Wildman–Crippen LogP) is 1.38. The van der Waals surface area contributed by atoms with E-state index in [4.69, 9.17) is 0 Å². The van der Waals surface area contributed by atoms with E-state index in [1.807, 2.05) is 16.8 Å². The molecule has 58 valence electrons. The molecule has 0 aliphatic carbocycles. The van der Waals surface area contributed by atoms with Crippen molar-refractivity contribution in [2.24, 2.45) is 4.99 Å².